The molecule has 0 aromatic heterocycles. The Labute approximate surface area is 125 Å². The molecule has 2 saturated heterocycles. The molecule has 6 heteroatoms. The first-order chi connectivity index (χ1) is 9.84. The van der Waals surface area contributed by atoms with E-state index in [-0.39, 0.29) is 11.8 Å². The summed E-state index contributed by atoms with van der Waals surface area (Å²) in [5, 5.41) is 0. The first-order valence-corrected chi connectivity index (χ1v) is 8.95. The average molecular weight is 308 g/mol. The molecule has 1 spiro atoms. The minimum absolute atomic E-state index is 0.0640. The van der Waals surface area contributed by atoms with Gasteiger partial charge in [-0.15, -0.1) is 0 Å². The first kappa shape index (κ1) is 14.5. The lowest BCUT2D eigenvalue weighted by Crippen LogP contribution is -2.39. The van der Waals surface area contributed by atoms with Crippen molar-refractivity contribution in [1.82, 2.24) is 9.21 Å². The fourth-order valence-electron chi connectivity index (χ4n) is 3.66. The van der Waals surface area contributed by atoms with Gasteiger partial charge in [-0.25, -0.2) is 12.7 Å². The third-order valence-electron chi connectivity index (χ3n) is 4.85. The van der Waals surface area contributed by atoms with Crippen LogP contribution in [0.2, 0.25) is 0 Å². The molecule has 2 aliphatic rings. The van der Waals surface area contributed by atoms with Crippen molar-refractivity contribution in [2.75, 3.05) is 32.9 Å². The minimum atomic E-state index is -3.29. The van der Waals surface area contributed by atoms with Crippen LogP contribution in [0.4, 0.5) is 0 Å². The van der Waals surface area contributed by atoms with Crippen LogP contribution in [0.15, 0.2) is 30.3 Å². The monoisotopic (exact) mass is 308 g/mol. The van der Waals surface area contributed by atoms with Crippen molar-refractivity contribution in [2.24, 2.45) is 5.41 Å². The van der Waals surface area contributed by atoms with Gasteiger partial charge in [-0.1, -0.05) is 30.3 Å². The zero-order valence-corrected chi connectivity index (χ0v) is 13.1. The topological polar surface area (TPSA) is 57.7 Å². The number of amides is 1. The van der Waals surface area contributed by atoms with Crippen LogP contribution in [0.3, 0.4) is 0 Å². The Balaban J connectivity index is 2.05. The lowest BCUT2D eigenvalue weighted by atomic mass is 9.73. The van der Waals surface area contributed by atoms with Crippen molar-refractivity contribution in [3.63, 3.8) is 0 Å². The second-order valence-corrected chi connectivity index (χ2v) is 8.13. The molecule has 2 atom stereocenters. The third kappa shape index (κ3) is 2.26. The number of sulfonamides is 1. The summed E-state index contributed by atoms with van der Waals surface area (Å²) in [7, 11) is -1.49. The van der Waals surface area contributed by atoms with E-state index in [0.717, 1.165) is 5.56 Å². The van der Waals surface area contributed by atoms with E-state index in [4.69, 9.17) is 0 Å². The predicted octanol–water partition coefficient (Wildman–Crippen LogP) is 0.894. The van der Waals surface area contributed by atoms with E-state index in [2.05, 4.69) is 0 Å². The maximum atomic E-state index is 12.7. The molecule has 114 valence electrons. The Morgan fingerprint density at radius 3 is 2.43 bits per heavy atom. The molecule has 3 rings (SSSR count). The van der Waals surface area contributed by atoms with Crippen molar-refractivity contribution in [3.05, 3.63) is 35.9 Å². The van der Waals surface area contributed by atoms with E-state index in [9.17, 15) is 13.2 Å². The fourth-order valence-corrected chi connectivity index (χ4v) is 4.54. The van der Waals surface area contributed by atoms with E-state index < -0.39 is 15.4 Å². The Morgan fingerprint density at radius 2 is 1.90 bits per heavy atom. The number of rotatable bonds is 2. The first-order valence-electron chi connectivity index (χ1n) is 7.10. The maximum absolute atomic E-state index is 12.7. The second-order valence-electron chi connectivity index (χ2n) is 6.15. The Hall–Kier alpha value is -1.40. The Kier molecular flexibility index (Phi) is 3.33. The molecule has 0 radical (unpaired) electrons. The van der Waals surface area contributed by atoms with Crippen molar-refractivity contribution < 1.29 is 13.2 Å². The maximum Gasteiger partial charge on any atom is 0.230 e. The average Bonchev–Trinajstić information content (AvgIpc) is 2.97. The van der Waals surface area contributed by atoms with Gasteiger partial charge in [0.15, 0.2) is 0 Å². The summed E-state index contributed by atoms with van der Waals surface area (Å²) in [5.74, 6) is 0.00776. The van der Waals surface area contributed by atoms with Crippen LogP contribution >= 0.6 is 0 Å². The normalized spacial score (nSPS) is 30.5. The zero-order chi connectivity index (χ0) is 15.3. The SMILES string of the molecule is CN1CC[C@@]2(CN(S(C)(=O)=O)C[C@@H]2c2ccccc2)C1=O. The van der Waals surface area contributed by atoms with Crippen LogP contribution in [0.1, 0.15) is 17.9 Å². The van der Waals surface area contributed by atoms with Gasteiger partial charge in [0.2, 0.25) is 15.9 Å². The Morgan fingerprint density at radius 1 is 1.24 bits per heavy atom. The third-order valence-corrected chi connectivity index (χ3v) is 6.06. The minimum Gasteiger partial charge on any atom is -0.345 e. The molecular weight excluding hydrogens is 288 g/mol. The number of hydrogen-bond donors (Lipinski definition) is 0. The van der Waals surface area contributed by atoms with Crippen molar-refractivity contribution in [2.45, 2.75) is 12.3 Å². The van der Waals surface area contributed by atoms with Gasteiger partial charge in [-0.2, -0.15) is 0 Å². The number of carbonyl (C=O) groups is 1. The highest BCUT2D eigenvalue weighted by molar-refractivity contribution is 7.88. The summed E-state index contributed by atoms with van der Waals surface area (Å²) in [6.45, 7) is 1.39. The highest BCUT2D eigenvalue weighted by Crippen LogP contribution is 2.50. The van der Waals surface area contributed by atoms with Gasteiger partial charge in [-0.05, 0) is 12.0 Å². The number of carbonyl (C=O) groups excluding carboxylic acids is 1. The smallest absolute Gasteiger partial charge is 0.230 e. The number of hydrogen-bond acceptors (Lipinski definition) is 3. The molecular formula is C15H20N2O3S. The lowest BCUT2D eigenvalue weighted by molar-refractivity contribution is -0.134. The summed E-state index contributed by atoms with van der Waals surface area (Å²) in [6, 6.07) is 9.79. The van der Waals surface area contributed by atoms with Crippen molar-refractivity contribution >= 4 is 15.9 Å². The largest absolute Gasteiger partial charge is 0.345 e. The summed E-state index contributed by atoms with van der Waals surface area (Å²) in [6.07, 6.45) is 1.94. The van der Waals surface area contributed by atoms with Crippen LogP contribution in [0, 0.1) is 5.41 Å². The molecule has 0 unspecified atom stereocenters. The van der Waals surface area contributed by atoms with Gasteiger partial charge >= 0.3 is 0 Å². The van der Waals surface area contributed by atoms with Gasteiger partial charge in [0.1, 0.15) is 0 Å². The Bertz CT molecular complexity index is 659. The fraction of sp³-hybridized carbons (Fsp3) is 0.533. The van der Waals surface area contributed by atoms with Gasteiger partial charge in [0.05, 0.1) is 11.7 Å². The highest BCUT2D eigenvalue weighted by atomic mass is 32.2. The van der Waals surface area contributed by atoms with E-state index in [1.165, 1.54) is 10.6 Å². The van der Waals surface area contributed by atoms with Gasteiger partial charge in [0, 0.05) is 32.6 Å². The molecule has 5 nitrogen and oxygen atoms in total. The van der Waals surface area contributed by atoms with Gasteiger partial charge < -0.3 is 4.90 Å². The molecule has 2 fully saturated rings. The molecule has 1 amide bonds. The zero-order valence-electron chi connectivity index (χ0n) is 12.3. The molecule has 0 saturated carbocycles. The van der Waals surface area contributed by atoms with E-state index in [1.54, 1.807) is 11.9 Å². The number of nitrogens with zero attached hydrogens (tertiary/aromatic N) is 2. The van der Waals surface area contributed by atoms with Crippen LogP contribution < -0.4 is 0 Å². The molecule has 2 heterocycles. The van der Waals surface area contributed by atoms with E-state index in [0.29, 0.717) is 26.1 Å². The molecule has 2 aliphatic heterocycles. The van der Waals surface area contributed by atoms with Crippen LogP contribution in [0.5, 0.6) is 0 Å². The number of likely N-dealkylation sites (tertiary alicyclic amines) is 1. The second kappa shape index (κ2) is 4.81. The standard InChI is InChI=1S/C15H20N2O3S/c1-16-9-8-15(14(16)18)11-17(21(2,19)20)10-13(15)12-6-4-3-5-7-12/h3-7,13H,8-11H2,1-2H3/t13-,15+/m1/s1. The summed E-state index contributed by atoms with van der Waals surface area (Å²) >= 11 is 0. The quantitative estimate of drug-likeness (QED) is 0.815. The van der Waals surface area contributed by atoms with Crippen molar-refractivity contribution in [1.29, 1.82) is 0 Å². The molecule has 0 bridgehead atoms. The van der Waals surface area contributed by atoms with E-state index in [1.807, 2.05) is 30.3 Å². The van der Waals surface area contributed by atoms with Gasteiger partial charge in [0.25, 0.3) is 0 Å². The van der Waals surface area contributed by atoms with Gasteiger partial charge in [-0.3, -0.25) is 4.79 Å². The molecule has 21 heavy (non-hydrogen) atoms. The van der Waals surface area contributed by atoms with Crippen molar-refractivity contribution in [3.8, 4) is 0 Å². The van der Waals surface area contributed by atoms with E-state index >= 15 is 0 Å². The summed E-state index contributed by atoms with van der Waals surface area (Å²) < 4.78 is 25.3. The molecule has 0 N–H and O–H groups in total. The highest BCUT2D eigenvalue weighted by Gasteiger charge is 2.57. The lowest BCUT2D eigenvalue weighted by Gasteiger charge is -2.28. The molecule has 0 aliphatic carbocycles. The van der Waals surface area contributed by atoms with Crippen LogP contribution in [-0.2, 0) is 14.8 Å². The van der Waals surface area contributed by atoms with Crippen LogP contribution in [-0.4, -0.2) is 56.5 Å². The summed E-state index contributed by atoms with van der Waals surface area (Å²) in [4.78, 5) is 14.4. The van der Waals surface area contributed by atoms with Crippen LogP contribution in [0.25, 0.3) is 0 Å². The molecule has 1 aromatic carbocycles. The summed E-state index contributed by atoms with van der Waals surface area (Å²) in [5.41, 5.74) is 0.450. The predicted molar refractivity (Wildman–Crippen MR) is 80.3 cm³/mol. The molecule has 1 aromatic rings. The number of benzene rings is 1.